The van der Waals surface area contributed by atoms with Crippen molar-refractivity contribution >= 4 is 30.7 Å². The summed E-state index contributed by atoms with van der Waals surface area (Å²) in [6.45, 7) is 17.8. The lowest BCUT2D eigenvalue weighted by atomic mass is 9.87. The number of aromatic nitrogens is 4. The van der Waals surface area contributed by atoms with Crippen molar-refractivity contribution in [3.8, 4) is 11.5 Å². The zero-order chi connectivity index (χ0) is 29.1. The van der Waals surface area contributed by atoms with Crippen LogP contribution in [0, 0.1) is 18.3 Å². The van der Waals surface area contributed by atoms with Crippen molar-refractivity contribution in [2.45, 2.75) is 78.5 Å². The number of benzene rings is 1. The normalized spacial score (nSPS) is 23.3. The molecule has 1 aromatic carbocycles. The molecule has 1 N–H and O–H groups in total. The predicted octanol–water partition coefficient (Wildman–Crippen LogP) is 4.86. The summed E-state index contributed by atoms with van der Waals surface area (Å²) in [5.74, 6) is 1.61. The Morgan fingerprint density at radius 3 is 2.78 bits per heavy atom. The number of carbonyl (C=O) groups is 1. The van der Waals surface area contributed by atoms with E-state index in [4.69, 9.17) is 19.6 Å². The predicted molar refractivity (Wildman–Crippen MR) is 165 cm³/mol. The minimum atomic E-state index is -1.15. The van der Waals surface area contributed by atoms with Crippen LogP contribution >= 0.6 is 0 Å². The van der Waals surface area contributed by atoms with Crippen LogP contribution in [0.2, 0.25) is 25.7 Å². The first-order chi connectivity index (χ1) is 19.4. The molecule has 2 aromatic heterocycles. The minimum absolute atomic E-state index is 0.0829. The molecule has 2 aliphatic carbocycles. The van der Waals surface area contributed by atoms with E-state index in [9.17, 15) is 4.79 Å². The van der Waals surface area contributed by atoms with E-state index >= 15 is 0 Å². The largest absolute Gasteiger partial charge is 0.379 e. The molecule has 1 saturated heterocycles. The molecule has 1 unspecified atom stereocenters. The van der Waals surface area contributed by atoms with Gasteiger partial charge in [-0.05, 0) is 68.2 Å². The SMILES string of the molecule is Cc1cc2[nH]c(-c3nn(COCC[Si](C)(C)C)c4c3C[C@@H]3C[C@]3(C)C4)nc2cc1N(C)C(=O)C(C)N1CCOCC1. The molecule has 2 fully saturated rings. The summed E-state index contributed by atoms with van der Waals surface area (Å²) in [7, 11) is 0.720. The van der Waals surface area contributed by atoms with Gasteiger partial charge >= 0.3 is 0 Å². The molecule has 1 aliphatic heterocycles. The second-order valence-electron chi connectivity index (χ2n) is 14.0. The van der Waals surface area contributed by atoms with Gasteiger partial charge in [-0.15, -0.1) is 0 Å². The van der Waals surface area contributed by atoms with Crippen LogP contribution in [-0.4, -0.2) is 84.6 Å². The molecule has 0 spiro atoms. The third-order valence-electron chi connectivity index (χ3n) is 9.60. The Morgan fingerprint density at radius 1 is 1.29 bits per heavy atom. The highest BCUT2D eigenvalue weighted by Gasteiger charge is 2.54. The minimum Gasteiger partial charge on any atom is -0.379 e. The molecule has 0 bridgehead atoms. The highest BCUT2D eigenvalue weighted by molar-refractivity contribution is 6.76. The van der Waals surface area contributed by atoms with Crippen LogP contribution in [0.1, 0.15) is 37.1 Å². The third kappa shape index (κ3) is 5.63. The Bertz CT molecular complexity index is 1450. The molecule has 1 amide bonds. The molecule has 10 heteroatoms. The average Bonchev–Trinajstić information content (AvgIpc) is 3.24. The van der Waals surface area contributed by atoms with Crippen molar-refractivity contribution in [3.63, 3.8) is 0 Å². The van der Waals surface area contributed by atoms with E-state index < -0.39 is 8.07 Å². The highest BCUT2D eigenvalue weighted by atomic mass is 28.3. The fourth-order valence-electron chi connectivity index (χ4n) is 6.59. The standard InChI is InChI=1S/C31H46N6O3Si/c1-20-14-24-25(16-26(20)35(4)30(38)21(2)36-8-10-39-11-9-36)33-29(32-24)28-23-15-22-17-31(22,3)18-27(23)37(34-28)19-40-12-13-41(5,6)7/h14,16,21-22H,8-13,15,17-19H2,1-7H3,(H,32,33)/t21?,22-,31-/m1/s1. The number of amides is 1. The van der Waals surface area contributed by atoms with Gasteiger partial charge in [0.15, 0.2) is 5.82 Å². The van der Waals surface area contributed by atoms with Gasteiger partial charge in [0.2, 0.25) is 5.91 Å². The zero-order valence-electron chi connectivity index (χ0n) is 25.8. The van der Waals surface area contributed by atoms with Gasteiger partial charge in [0, 0.05) is 51.8 Å². The summed E-state index contributed by atoms with van der Waals surface area (Å²) in [4.78, 5) is 26.0. The lowest BCUT2D eigenvalue weighted by Crippen LogP contribution is -2.50. The van der Waals surface area contributed by atoms with Crippen LogP contribution in [0.25, 0.3) is 22.6 Å². The molecule has 3 aromatic rings. The van der Waals surface area contributed by atoms with E-state index in [2.05, 4.69) is 54.1 Å². The highest BCUT2D eigenvalue weighted by Crippen LogP contribution is 2.60. The number of anilines is 1. The number of aromatic amines is 1. The van der Waals surface area contributed by atoms with Gasteiger partial charge in [0.1, 0.15) is 12.4 Å². The van der Waals surface area contributed by atoms with Crippen LogP contribution in [0.4, 0.5) is 5.69 Å². The molecule has 41 heavy (non-hydrogen) atoms. The maximum absolute atomic E-state index is 13.4. The fraction of sp³-hybridized carbons (Fsp3) is 0.645. The third-order valence-corrected chi connectivity index (χ3v) is 11.3. The molecule has 0 radical (unpaired) electrons. The zero-order valence-corrected chi connectivity index (χ0v) is 26.8. The van der Waals surface area contributed by atoms with Gasteiger partial charge in [-0.1, -0.05) is 26.6 Å². The number of ether oxygens (including phenoxy) is 2. The number of nitrogens with one attached hydrogen (secondary N) is 1. The molecule has 3 heterocycles. The molecule has 1 saturated carbocycles. The smallest absolute Gasteiger partial charge is 0.243 e. The number of rotatable bonds is 9. The number of hydrogen-bond donors (Lipinski definition) is 1. The molecule has 3 aliphatic rings. The van der Waals surface area contributed by atoms with Crippen molar-refractivity contribution in [1.82, 2.24) is 24.6 Å². The Kier molecular flexibility index (Phi) is 7.41. The quantitative estimate of drug-likeness (QED) is 0.288. The van der Waals surface area contributed by atoms with Crippen LogP contribution in [0.3, 0.4) is 0 Å². The van der Waals surface area contributed by atoms with Gasteiger partial charge in [-0.25, -0.2) is 9.67 Å². The lowest BCUT2D eigenvalue weighted by Gasteiger charge is -2.33. The first-order valence-electron chi connectivity index (χ1n) is 15.2. The Hall–Kier alpha value is -2.53. The number of carbonyl (C=O) groups excluding carboxylic acids is 1. The summed E-state index contributed by atoms with van der Waals surface area (Å²) in [6, 6.07) is 5.09. The number of nitrogens with zero attached hydrogens (tertiary/aromatic N) is 5. The molecule has 9 nitrogen and oxygen atoms in total. The van der Waals surface area contributed by atoms with Crippen LogP contribution < -0.4 is 4.90 Å². The second kappa shape index (κ2) is 10.6. The molecule has 222 valence electrons. The van der Waals surface area contributed by atoms with Crippen LogP contribution in [0.15, 0.2) is 12.1 Å². The summed E-state index contributed by atoms with van der Waals surface area (Å²) in [5, 5.41) is 5.09. The molecular formula is C31H46N6O3Si. The number of likely N-dealkylation sites (N-methyl/N-ethyl adjacent to an activating group) is 1. The second-order valence-corrected chi connectivity index (χ2v) is 19.6. The number of imidazole rings is 1. The lowest BCUT2D eigenvalue weighted by molar-refractivity contribution is -0.124. The monoisotopic (exact) mass is 578 g/mol. The number of hydrogen-bond acceptors (Lipinski definition) is 6. The number of H-pyrrole nitrogens is 1. The Labute approximate surface area is 244 Å². The van der Waals surface area contributed by atoms with Gasteiger partial charge < -0.3 is 19.4 Å². The Balaban J connectivity index is 1.27. The number of fused-ring (bicyclic) bond motifs is 3. The van der Waals surface area contributed by atoms with Crippen LogP contribution in [-0.2, 0) is 33.8 Å². The van der Waals surface area contributed by atoms with E-state index in [0.717, 1.165) is 78.3 Å². The van der Waals surface area contributed by atoms with Gasteiger partial charge in [0.05, 0.1) is 30.3 Å². The maximum Gasteiger partial charge on any atom is 0.243 e. The van der Waals surface area contributed by atoms with Crippen molar-refractivity contribution in [1.29, 1.82) is 0 Å². The van der Waals surface area contributed by atoms with E-state index in [1.54, 1.807) is 4.90 Å². The number of aryl methyl sites for hydroxylation is 1. The van der Waals surface area contributed by atoms with E-state index in [1.807, 2.05) is 20.0 Å². The van der Waals surface area contributed by atoms with Crippen molar-refractivity contribution in [2.24, 2.45) is 11.3 Å². The van der Waals surface area contributed by atoms with Crippen molar-refractivity contribution in [3.05, 3.63) is 29.0 Å². The summed E-state index contributed by atoms with van der Waals surface area (Å²) >= 11 is 0. The van der Waals surface area contributed by atoms with E-state index in [0.29, 0.717) is 25.4 Å². The Morgan fingerprint density at radius 2 is 2.05 bits per heavy atom. The van der Waals surface area contributed by atoms with Crippen molar-refractivity contribution < 1.29 is 14.3 Å². The summed E-state index contributed by atoms with van der Waals surface area (Å²) in [5.41, 5.74) is 7.71. The first-order valence-corrected chi connectivity index (χ1v) is 18.9. The van der Waals surface area contributed by atoms with Gasteiger partial charge in [-0.2, -0.15) is 5.10 Å². The fourth-order valence-corrected chi connectivity index (χ4v) is 7.34. The molecule has 6 rings (SSSR count). The average molecular weight is 579 g/mol. The molecule has 3 atom stereocenters. The van der Waals surface area contributed by atoms with Gasteiger partial charge in [0.25, 0.3) is 0 Å². The first kappa shape index (κ1) is 28.6. The maximum atomic E-state index is 13.4. The summed E-state index contributed by atoms with van der Waals surface area (Å²) in [6.07, 6.45) is 3.38. The van der Waals surface area contributed by atoms with Crippen molar-refractivity contribution in [2.75, 3.05) is 44.9 Å². The van der Waals surface area contributed by atoms with Crippen LogP contribution in [0.5, 0.6) is 0 Å². The van der Waals surface area contributed by atoms with Gasteiger partial charge in [-0.3, -0.25) is 9.69 Å². The van der Waals surface area contributed by atoms with E-state index in [1.165, 1.54) is 17.7 Å². The summed E-state index contributed by atoms with van der Waals surface area (Å²) < 4.78 is 13.7. The topological polar surface area (TPSA) is 88.5 Å². The number of morpholine rings is 1. The van der Waals surface area contributed by atoms with E-state index in [-0.39, 0.29) is 11.9 Å². The molecular weight excluding hydrogens is 532 g/mol.